The maximum absolute atomic E-state index is 10.6. The Kier molecular flexibility index (Phi) is 2.54. The van der Waals surface area contributed by atoms with Crippen molar-refractivity contribution in [3.8, 4) is 0 Å². The molecule has 0 radical (unpaired) electrons. The number of carboxylic acids is 1. The van der Waals surface area contributed by atoms with Crippen molar-refractivity contribution in [2.24, 2.45) is 0 Å². The van der Waals surface area contributed by atoms with Gasteiger partial charge in [0.15, 0.2) is 0 Å². The standard InChI is InChI=1S/C10H13NO3/c12-10(13)8-3-4-11(6-8)7-9-2-1-5-14-9/h3-4,6,9H,1-2,5,7H2,(H,12,13). The Morgan fingerprint density at radius 2 is 2.57 bits per heavy atom. The Balaban J connectivity index is 1.98. The molecule has 0 aromatic carbocycles. The molecule has 14 heavy (non-hydrogen) atoms. The number of nitrogens with zero attached hydrogens (tertiary/aromatic N) is 1. The fourth-order valence-electron chi connectivity index (χ4n) is 1.70. The Morgan fingerprint density at radius 1 is 1.71 bits per heavy atom. The molecule has 0 aliphatic carbocycles. The van der Waals surface area contributed by atoms with E-state index in [1.54, 1.807) is 18.5 Å². The number of carboxylic acid groups (broad SMARTS) is 1. The van der Waals surface area contributed by atoms with Crippen LogP contribution in [0, 0.1) is 0 Å². The van der Waals surface area contributed by atoms with Gasteiger partial charge in [-0.05, 0) is 18.9 Å². The Bertz CT molecular complexity index is 326. The van der Waals surface area contributed by atoms with Crippen LogP contribution in [0.1, 0.15) is 23.2 Å². The molecule has 2 rings (SSSR count). The lowest BCUT2D eigenvalue weighted by Crippen LogP contribution is -2.13. The van der Waals surface area contributed by atoms with Crippen molar-refractivity contribution in [3.05, 3.63) is 24.0 Å². The van der Waals surface area contributed by atoms with Crippen LogP contribution >= 0.6 is 0 Å². The number of carbonyl (C=O) groups is 1. The highest BCUT2D eigenvalue weighted by molar-refractivity contribution is 5.87. The quantitative estimate of drug-likeness (QED) is 0.792. The molecule has 1 atom stereocenters. The molecule has 76 valence electrons. The van der Waals surface area contributed by atoms with Crippen LogP contribution in [-0.4, -0.2) is 28.4 Å². The summed E-state index contributed by atoms with van der Waals surface area (Å²) in [6.45, 7) is 1.59. The van der Waals surface area contributed by atoms with E-state index in [1.165, 1.54) is 0 Å². The van der Waals surface area contributed by atoms with E-state index >= 15 is 0 Å². The van der Waals surface area contributed by atoms with Crippen LogP contribution in [0.15, 0.2) is 18.5 Å². The summed E-state index contributed by atoms with van der Waals surface area (Å²) in [5.74, 6) is -0.879. The van der Waals surface area contributed by atoms with Crippen molar-refractivity contribution in [2.45, 2.75) is 25.5 Å². The molecular formula is C10H13NO3. The molecule has 1 aromatic rings. The molecule has 1 fully saturated rings. The van der Waals surface area contributed by atoms with Crippen LogP contribution in [0.2, 0.25) is 0 Å². The number of hydrogen-bond donors (Lipinski definition) is 1. The summed E-state index contributed by atoms with van der Waals surface area (Å²) < 4.78 is 7.33. The third-order valence-electron chi connectivity index (χ3n) is 2.44. The normalized spacial score (nSPS) is 21.3. The van der Waals surface area contributed by atoms with Crippen molar-refractivity contribution < 1.29 is 14.6 Å². The van der Waals surface area contributed by atoms with Gasteiger partial charge < -0.3 is 14.4 Å². The zero-order valence-electron chi connectivity index (χ0n) is 7.85. The molecule has 1 aromatic heterocycles. The zero-order valence-corrected chi connectivity index (χ0v) is 7.85. The second-order valence-electron chi connectivity index (χ2n) is 3.54. The summed E-state index contributed by atoms with van der Waals surface area (Å²) in [7, 11) is 0. The minimum atomic E-state index is -0.879. The molecule has 1 aliphatic rings. The minimum absolute atomic E-state index is 0.254. The molecule has 0 amide bonds. The molecule has 1 unspecified atom stereocenters. The fraction of sp³-hybridized carbons (Fsp3) is 0.500. The first-order chi connectivity index (χ1) is 6.75. The van der Waals surface area contributed by atoms with Crippen molar-refractivity contribution in [3.63, 3.8) is 0 Å². The summed E-state index contributed by atoms with van der Waals surface area (Å²) in [5, 5.41) is 8.71. The highest BCUT2D eigenvalue weighted by Gasteiger charge is 2.16. The maximum Gasteiger partial charge on any atom is 0.337 e. The van der Waals surface area contributed by atoms with E-state index in [0.717, 1.165) is 26.0 Å². The first-order valence-electron chi connectivity index (χ1n) is 4.76. The predicted octanol–water partition coefficient (Wildman–Crippen LogP) is 1.37. The summed E-state index contributed by atoms with van der Waals surface area (Å²) >= 11 is 0. The van der Waals surface area contributed by atoms with Crippen LogP contribution in [-0.2, 0) is 11.3 Å². The van der Waals surface area contributed by atoms with Crippen LogP contribution in [0.25, 0.3) is 0 Å². The average molecular weight is 195 g/mol. The number of ether oxygens (including phenoxy) is 1. The van der Waals surface area contributed by atoms with E-state index in [0.29, 0.717) is 5.56 Å². The molecule has 4 heteroatoms. The molecule has 4 nitrogen and oxygen atoms in total. The second-order valence-corrected chi connectivity index (χ2v) is 3.54. The predicted molar refractivity (Wildman–Crippen MR) is 50.4 cm³/mol. The third-order valence-corrected chi connectivity index (χ3v) is 2.44. The number of hydrogen-bond acceptors (Lipinski definition) is 2. The van der Waals surface area contributed by atoms with Gasteiger partial charge in [-0.3, -0.25) is 0 Å². The van der Waals surface area contributed by atoms with E-state index in [9.17, 15) is 4.79 Å². The van der Waals surface area contributed by atoms with Gasteiger partial charge in [0, 0.05) is 25.5 Å². The van der Waals surface area contributed by atoms with Gasteiger partial charge in [-0.25, -0.2) is 4.79 Å². The topological polar surface area (TPSA) is 51.5 Å². The van der Waals surface area contributed by atoms with Gasteiger partial charge >= 0.3 is 5.97 Å². The fourth-order valence-corrected chi connectivity index (χ4v) is 1.70. The van der Waals surface area contributed by atoms with Crippen molar-refractivity contribution in [1.29, 1.82) is 0 Å². The Morgan fingerprint density at radius 3 is 3.14 bits per heavy atom. The molecular weight excluding hydrogens is 182 g/mol. The first-order valence-corrected chi connectivity index (χ1v) is 4.76. The molecule has 1 aliphatic heterocycles. The van der Waals surface area contributed by atoms with E-state index in [2.05, 4.69) is 0 Å². The number of aromatic carboxylic acids is 1. The molecule has 1 N–H and O–H groups in total. The van der Waals surface area contributed by atoms with Gasteiger partial charge in [0.25, 0.3) is 0 Å². The Labute approximate surface area is 82.1 Å². The molecule has 0 bridgehead atoms. The van der Waals surface area contributed by atoms with Crippen molar-refractivity contribution in [1.82, 2.24) is 4.57 Å². The maximum atomic E-state index is 10.6. The summed E-state index contributed by atoms with van der Waals surface area (Å²) in [4.78, 5) is 10.6. The molecule has 0 spiro atoms. The molecule has 2 heterocycles. The second kappa shape index (κ2) is 3.84. The zero-order chi connectivity index (χ0) is 9.97. The lowest BCUT2D eigenvalue weighted by Gasteiger charge is -2.09. The van der Waals surface area contributed by atoms with Gasteiger partial charge in [0.2, 0.25) is 0 Å². The largest absolute Gasteiger partial charge is 0.478 e. The Hall–Kier alpha value is -1.29. The van der Waals surface area contributed by atoms with E-state index in [4.69, 9.17) is 9.84 Å². The number of rotatable bonds is 3. The molecule has 1 saturated heterocycles. The van der Waals surface area contributed by atoms with Gasteiger partial charge in [-0.2, -0.15) is 0 Å². The lowest BCUT2D eigenvalue weighted by atomic mass is 10.2. The van der Waals surface area contributed by atoms with E-state index in [1.807, 2.05) is 4.57 Å². The van der Waals surface area contributed by atoms with Crippen molar-refractivity contribution in [2.75, 3.05) is 6.61 Å². The summed E-state index contributed by atoms with van der Waals surface area (Å²) in [6, 6.07) is 1.61. The van der Waals surface area contributed by atoms with Crippen molar-refractivity contribution >= 4 is 5.97 Å². The highest BCUT2D eigenvalue weighted by atomic mass is 16.5. The van der Waals surface area contributed by atoms with E-state index < -0.39 is 5.97 Å². The smallest absolute Gasteiger partial charge is 0.337 e. The van der Waals surface area contributed by atoms with Crippen LogP contribution in [0.5, 0.6) is 0 Å². The third kappa shape index (κ3) is 1.96. The van der Waals surface area contributed by atoms with Crippen LogP contribution < -0.4 is 0 Å². The van der Waals surface area contributed by atoms with Gasteiger partial charge in [0.1, 0.15) is 0 Å². The lowest BCUT2D eigenvalue weighted by molar-refractivity contribution is 0.0695. The summed E-state index contributed by atoms with van der Waals surface area (Å²) in [6.07, 6.45) is 5.86. The van der Waals surface area contributed by atoms with Crippen LogP contribution in [0.3, 0.4) is 0 Å². The molecule has 0 saturated carbocycles. The SMILES string of the molecule is O=C(O)c1ccn(CC2CCCO2)c1. The number of aromatic nitrogens is 1. The first kappa shape index (κ1) is 9.27. The van der Waals surface area contributed by atoms with Crippen LogP contribution in [0.4, 0.5) is 0 Å². The monoisotopic (exact) mass is 195 g/mol. The highest BCUT2D eigenvalue weighted by Crippen LogP contribution is 2.14. The average Bonchev–Trinajstić information content (AvgIpc) is 2.75. The minimum Gasteiger partial charge on any atom is -0.478 e. The van der Waals surface area contributed by atoms with Gasteiger partial charge in [-0.15, -0.1) is 0 Å². The summed E-state index contributed by atoms with van der Waals surface area (Å²) in [5.41, 5.74) is 0.336. The van der Waals surface area contributed by atoms with Gasteiger partial charge in [-0.1, -0.05) is 0 Å². The van der Waals surface area contributed by atoms with Gasteiger partial charge in [0.05, 0.1) is 11.7 Å². The van der Waals surface area contributed by atoms with E-state index in [-0.39, 0.29) is 6.10 Å².